The van der Waals surface area contributed by atoms with Crippen LogP contribution >= 0.6 is 11.8 Å². The lowest BCUT2D eigenvalue weighted by molar-refractivity contribution is 0.203. The van der Waals surface area contributed by atoms with Crippen molar-refractivity contribution in [3.63, 3.8) is 0 Å². The summed E-state index contributed by atoms with van der Waals surface area (Å²) in [6.45, 7) is 1.66. The van der Waals surface area contributed by atoms with Crippen molar-refractivity contribution in [3.8, 4) is 5.75 Å². The molecule has 0 spiro atoms. The van der Waals surface area contributed by atoms with E-state index in [1.807, 2.05) is 0 Å². The highest BCUT2D eigenvalue weighted by Gasteiger charge is 2.17. The van der Waals surface area contributed by atoms with E-state index in [1.165, 1.54) is 25.2 Å². The van der Waals surface area contributed by atoms with E-state index in [1.54, 1.807) is 6.92 Å². The van der Waals surface area contributed by atoms with Crippen LogP contribution in [0.1, 0.15) is 5.56 Å². The molecular formula is C10H13ClN2O4S. The molecule has 0 unspecified atom stereocenters. The number of nitrogens with zero attached hydrogens (tertiary/aromatic N) is 1. The molecule has 0 aliphatic carbocycles. The summed E-state index contributed by atoms with van der Waals surface area (Å²) in [5.74, 6) is 0.300. The van der Waals surface area contributed by atoms with E-state index < -0.39 is 16.1 Å². The number of hydrogen-bond acceptors (Lipinski definition) is 4. The number of carbonyl (C=O) groups excluding carboxylic acids is 1. The van der Waals surface area contributed by atoms with Crippen LogP contribution in [0.15, 0.2) is 18.2 Å². The molecule has 0 radical (unpaired) electrons. The first-order chi connectivity index (χ1) is 8.25. The topological polar surface area (TPSA) is 75.7 Å². The van der Waals surface area contributed by atoms with Crippen LogP contribution in [-0.2, 0) is 10.0 Å². The fourth-order valence-corrected chi connectivity index (χ4v) is 1.98. The van der Waals surface area contributed by atoms with Gasteiger partial charge in [-0.25, -0.2) is 13.2 Å². The van der Waals surface area contributed by atoms with E-state index >= 15 is 0 Å². The lowest BCUT2D eigenvalue weighted by Crippen LogP contribution is -2.22. The summed E-state index contributed by atoms with van der Waals surface area (Å²) >= 11 is 5.70. The predicted octanol–water partition coefficient (Wildman–Crippen LogP) is 1.63. The smallest absolute Gasteiger partial charge is 0.410 e. The predicted molar refractivity (Wildman–Crippen MR) is 69.4 cm³/mol. The van der Waals surface area contributed by atoms with Gasteiger partial charge in [0.15, 0.2) is 0 Å². The Balaban J connectivity index is 3.03. The van der Waals surface area contributed by atoms with Crippen LogP contribution in [-0.4, -0.2) is 27.8 Å². The third-order valence-electron chi connectivity index (χ3n) is 2.06. The highest BCUT2D eigenvalue weighted by molar-refractivity contribution is 7.93. The molecule has 0 fully saturated rings. The zero-order valence-corrected chi connectivity index (χ0v) is 11.7. The second-order valence-electron chi connectivity index (χ2n) is 3.57. The Morgan fingerprint density at radius 3 is 2.50 bits per heavy atom. The fourth-order valence-electron chi connectivity index (χ4n) is 1.23. The zero-order valence-electron chi connectivity index (χ0n) is 10.1. The Hall–Kier alpha value is -1.47. The summed E-state index contributed by atoms with van der Waals surface area (Å²) in [7, 11) is -2.10. The molecule has 1 amide bonds. The summed E-state index contributed by atoms with van der Waals surface area (Å²) in [5.41, 5.74) is 0.875. The number of carbonyl (C=O) groups is 1. The monoisotopic (exact) mass is 292 g/mol. The van der Waals surface area contributed by atoms with Gasteiger partial charge in [0.2, 0.25) is 10.0 Å². The van der Waals surface area contributed by atoms with Gasteiger partial charge in [-0.3, -0.25) is 0 Å². The third kappa shape index (κ3) is 3.51. The van der Waals surface area contributed by atoms with E-state index in [0.717, 1.165) is 6.26 Å². The quantitative estimate of drug-likeness (QED) is 0.859. The normalized spacial score (nSPS) is 10.9. The molecule has 1 rings (SSSR count). The Morgan fingerprint density at radius 1 is 1.44 bits per heavy atom. The van der Waals surface area contributed by atoms with Crippen molar-refractivity contribution >= 4 is 33.6 Å². The number of rotatable bonds is 3. The molecule has 0 aliphatic heterocycles. The Bertz CT molecular complexity index is 559. The Morgan fingerprint density at radius 2 is 2.06 bits per heavy atom. The Labute approximate surface area is 111 Å². The van der Waals surface area contributed by atoms with Crippen molar-refractivity contribution in [2.24, 2.45) is 0 Å². The molecular weight excluding hydrogens is 280 g/mol. The average molecular weight is 293 g/mol. The summed E-state index contributed by atoms with van der Waals surface area (Å²) in [6.07, 6.45) is 0.391. The van der Waals surface area contributed by atoms with Crippen LogP contribution in [0.5, 0.6) is 5.75 Å². The molecule has 0 saturated heterocycles. The molecule has 1 N–H and O–H groups in total. The number of sulfonamides is 1. The lowest BCUT2D eigenvalue weighted by Gasteiger charge is -2.16. The number of amides is 1. The molecule has 1 aromatic carbocycles. The molecule has 0 saturated carbocycles. The summed E-state index contributed by atoms with van der Waals surface area (Å²) in [6, 6.07) is 4.44. The van der Waals surface area contributed by atoms with E-state index in [9.17, 15) is 13.2 Å². The molecule has 1 aromatic rings. The third-order valence-corrected chi connectivity index (χ3v) is 3.78. The first kappa shape index (κ1) is 14.6. The van der Waals surface area contributed by atoms with E-state index in [-0.39, 0.29) is 0 Å². The minimum atomic E-state index is -3.54. The van der Waals surface area contributed by atoms with Crippen LogP contribution in [0.4, 0.5) is 10.5 Å². The van der Waals surface area contributed by atoms with Crippen molar-refractivity contribution < 1.29 is 17.9 Å². The molecule has 0 atom stereocenters. The molecule has 8 heteroatoms. The van der Waals surface area contributed by atoms with Crippen LogP contribution < -0.4 is 13.9 Å². The standard InChI is InChI=1S/C10H13ClN2O4S/c1-7-6-8(17-10(14)12-2)4-5-9(7)13(11)18(3,15)16/h4-6H,1-3H3,(H,12,14). The van der Waals surface area contributed by atoms with Crippen molar-refractivity contribution in [1.82, 2.24) is 5.32 Å². The number of nitrogens with one attached hydrogen (secondary N) is 1. The van der Waals surface area contributed by atoms with E-state index in [0.29, 0.717) is 20.8 Å². The minimum Gasteiger partial charge on any atom is -0.410 e. The highest BCUT2D eigenvalue weighted by atomic mass is 35.5. The zero-order chi connectivity index (χ0) is 13.9. The molecule has 0 aliphatic rings. The van der Waals surface area contributed by atoms with Crippen molar-refractivity contribution in [3.05, 3.63) is 23.8 Å². The molecule has 18 heavy (non-hydrogen) atoms. The van der Waals surface area contributed by atoms with E-state index in [4.69, 9.17) is 16.5 Å². The van der Waals surface area contributed by atoms with Gasteiger partial charge in [-0.2, -0.15) is 3.82 Å². The highest BCUT2D eigenvalue weighted by Crippen LogP contribution is 2.27. The maximum Gasteiger partial charge on any atom is 0.412 e. The van der Waals surface area contributed by atoms with Gasteiger partial charge in [-0.1, -0.05) is 0 Å². The van der Waals surface area contributed by atoms with Gasteiger partial charge in [0, 0.05) is 18.8 Å². The van der Waals surface area contributed by atoms with Gasteiger partial charge in [-0.05, 0) is 30.7 Å². The first-order valence-electron chi connectivity index (χ1n) is 4.92. The lowest BCUT2D eigenvalue weighted by atomic mass is 10.2. The maximum atomic E-state index is 11.3. The second kappa shape index (κ2) is 5.45. The van der Waals surface area contributed by atoms with Crippen molar-refractivity contribution in [2.45, 2.75) is 6.92 Å². The number of aryl methyl sites for hydroxylation is 1. The fraction of sp³-hybridized carbons (Fsp3) is 0.300. The second-order valence-corrected chi connectivity index (χ2v) is 5.94. The SMILES string of the molecule is CNC(=O)Oc1ccc(N(Cl)S(C)(=O)=O)c(C)c1. The minimum absolute atomic E-state index is 0.300. The van der Waals surface area contributed by atoms with Gasteiger partial charge in [0.05, 0.1) is 11.9 Å². The maximum absolute atomic E-state index is 11.3. The van der Waals surface area contributed by atoms with Crippen molar-refractivity contribution in [1.29, 1.82) is 0 Å². The van der Waals surface area contributed by atoms with Crippen LogP contribution in [0, 0.1) is 6.92 Å². The van der Waals surface area contributed by atoms with Gasteiger partial charge >= 0.3 is 6.09 Å². The van der Waals surface area contributed by atoms with Gasteiger partial charge < -0.3 is 10.1 Å². The largest absolute Gasteiger partial charge is 0.412 e. The van der Waals surface area contributed by atoms with Crippen LogP contribution in [0.25, 0.3) is 0 Å². The average Bonchev–Trinajstić information content (AvgIpc) is 2.27. The van der Waals surface area contributed by atoms with Crippen LogP contribution in [0.3, 0.4) is 0 Å². The van der Waals surface area contributed by atoms with Crippen molar-refractivity contribution in [2.75, 3.05) is 17.1 Å². The number of anilines is 1. The number of hydrogen-bond donors (Lipinski definition) is 1. The molecule has 0 bridgehead atoms. The Kier molecular flexibility index (Phi) is 4.42. The molecule has 6 nitrogen and oxygen atoms in total. The number of halogens is 1. The summed E-state index contributed by atoms with van der Waals surface area (Å²) < 4.78 is 28.1. The molecule has 0 heterocycles. The van der Waals surface area contributed by atoms with E-state index in [2.05, 4.69) is 5.32 Å². The molecule has 0 aromatic heterocycles. The summed E-state index contributed by atoms with van der Waals surface area (Å²) in [5, 5.41) is 2.30. The van der Waals surface area contributed by atoms with Gasteiger partial charge in [0.1, 0.15) is 5.75 Å². The summed E-state index contributed by atoms with van der Waals surface area (Å²) in [4.78, 5) is 11.0. The van der Waals surface area contributed by atoms with Gasteiger partial charge in [0.25, 0.3) is 0 Å². The van der Waals surface area contributed by atoms with Crippen LogP contribution in [0.2, 0.25) is 0 Å². The number of ether oxygens (including phenoxy) is 1. The number of benzene rings is 1. The van der Waals surface area contributed by atoms with Gasteiger partial charge in [-0.15, -0.1) is 0 Å². The molecule has 100 valence electrons. The first-order valence-corrected chi connectivity index (χ1v) is 7.10.